The molecule has 2 aromatic heterocycles. The first-order valence-corrected chi connectivity index (χ1v) is 7.97. The summed E-state index contributed by atoms with van der Waals surface area (Å²) >= 11 is 0. The predicted molar refractivity (Wildman–Crippen MR) is 97.5 cm³/mol. The van der Waals surface area contributed by atoms with Gasteiger partial charge >= 0.3 is 0 Å². The van der Waals surface area contributed by atoms with Gasteiger partial charge in [-0.2, -0.15) is 5.10 Å². The van der Waals surface area contributed by atoms with Crippen molar-refractivity contribution in [1.82, 2.24) is 20.0 Å². The number of aromatic hydroxyl groups is 1. The lowest BCUT2D eigenvalue weighted by Crippen LogP contribution is -2.06. The van der Waals surface area contributed by atoms with Crippen LogP contribution in [-0.4, -0.2) is 25.1 Å². The zero-order valence-corrected chi connectivity index (χ0v) is 13.9. The summed E-state index contributed by atoms with van der Waals surface area (Å²) in [6, 6.07) is 16.8. The van der Waals surface area contributed by atoms with E-state index in [2.05, 4.69) is 20.6 Å². The normalized spacial score (nSPS) is 11.0. The van der Waals surface area contributed by atoms with E-state index >= 15 is 0 Å². The number of benzene rings is 2. The van der Waals surface area contributed by atoms with Crippen LogP contribution in [0.2, 0.25) is 0 Å². The van der Waals surface area contributed by atoms with Crippen molar-refractivity contribution in [3.8, 4) is 11.6 Å². The summed E-state index contributed by atoms with van der Waals surface area (Å²) in [5.41, 5.74) is 2.78. The van der Waals surface area contributed by atoms with Crippen molar-refractivity contribution in [2.24, 2.45) is 0 Å². The lowest BCUT2D eigenvalue weighted by molar-refractivity contribution is 0.475. The van der Waals surface area contributed by atoms with Gasteiger partial charge in [-0.1, -0.05) is 24.3 Å². The van der Waals surface area contributed by atoms with Crippen molar-refractivity contribution in [1.29, 1.82) is 0 Å². The van der Waals surface area contributed by atoms with Crippen molar-refractivity contribution in [2.45, 2.75) is 13.8 Å². The zero-order chi connectivity index (χ0) is 17.4. The lowest BCUT2D eigenvalue weighted by atomic mass is 10.1. The first-order chi connectivity index (χ1) is 12.1. The van der Waals surface area contributed by atoms with Gasteiger partial charge in [-0.05, 0) is 44.2 Å². The number of hydrogen-bond donors (Lipinski definition) is 2. The molecule has 0 aliphatic carbocycles. The summed E-state index contributed by atoms with van der Waals surface area (Å²) in [4.78, 5) is 0. The molecule has 0 bridgehead atoms. The molecule has 0 aliphatic rings. The molecule has 0 saturated carbocycles. The van der Waals surface area contributed by atoms with E-state index in [1.807, 2.05) is 48.9 Å². The van der Waals surface area contributed by atoms with Gasteiger partial charge in [0.25, 0.3) is 0 Å². The summed E-state index contributed by atoms with van der Waals surface area (Å²) in [6.07, 6.45) is 0. The van der Waals surface area contributed by atoms with E-state index in [4.69, 9.17) is 0 Å². The van der Waals surface area contributed by atoms with E-state index in [-0.39, 0.29) is 5.75 Å². The Morgan fingerprint density at radius 3 is 2.32 bits per heavy atom. The number of rotatable bonds is 3. The van der Waals surface area contributed by atoms with E-state index in [0.29, 0.717) is 11.6 Å². The Morgan fingerprint density at radius 1 is 0.920 bits per heavy atom. The molecule has 2 aromatic carbocycles. The summed E-state index contributed by atoms with van der Waals surface area (Å²) in [6.45, 7) is 3.96. The van der Waals surface area contributed by atoms with Gasteiger partial charge in [0.15, 0.2) is 11.6 Å². The SMILES string of the molecule is Cc1cc(C)n(-c2nnc(Nc3ccc(O)cc3)c3ccccc23)n1. The van der Waals surface area contributed by atoms with Gasteiger partial charge in [-0.3, -0.25) is 0 Å². The minimum Gasteiger partial charge on any atom is -0.508 e. The van der Waals surface area contributed by atoms with Crippen LogP contribution >= 0.6 is 0 Å². The molecule has 0 saturated heterocycles. The molecule has 0 atom stereocenters. The summed E-state index contributed by atoms with van der Waals surface area (Å²) in [5, 5.41) is 27.9. The quantitative estimate of drug-likeness (QED) is 0.557. The topological polar surface area (TPSA) is 75.9 Å². The second kappa shape index (κ2) is 5.90. The highest BCUT2D eigenvalue weighted by atomic mass is 16.3. The Hall–Kier alpha value is -3.41. The number of phenolic OH excluding ortho intramolecular Hbond substituents is 1. The second-order valence-corrected chi connectivity index (χ2v) is 5.93. The van der Waals surface area contributed by atoms with E-state index in [1.54, 1.807) is 24.3 Å². The number of hydrogen-bond acceptors (Lipinski definition) is 5. The van der Waals surface area contributed by atoms with Crippen molar-refractivity contribution < 1.29 is 5.11 Å². The van der Waals surface area contributed by atoms with Crippen LogP contribution in [0.1, 0.15) is 11.4 Å². The average Bonchev–Trinajstić information content (AvgIpc) is 2.95. The van der Waals surface area contributed by atoms with Gasteiger partial charge in [0, 0.05) is 22.2 Å². The molecule has 0 aliphatic heterocycles. The molecule has 6 heteroatoms. The van der Waals surface area contributed by atoms with Crippen LogP contribution in [0.3, 0.4) is 0 Å². The molecular formula is C19H17N5O. The molecule has 6 nitrogen and oxygen atoms in total. The van der Waals surface area contributed by atoms with Gasteiger partial charge in [0.05, 0.1) is 5.69 Å². The molecule has 0 fully saturated rings. The maximum Gasteiger partial charge on any atom is 0.183 e. The Kier molecular flexibility index (Phi) is 3.57. The minimum absolute atomic E-state index is 0.223. The average molecular weight is 331 g/mol. The molecule has 0 unspecified atom stereocenters. The number of anilines is 2. The molecule has 4 rings (SSSR count). The number of nitrogens with one attached hydrogen (secondary N) is 1. The van der Waals surface area contributed by atoms with Crippen LogP contribution in [0.15, 0.2) is 54.6 Å². The fourth-order valence-electron chi connectivity index (χ4n) is 2.86. The standard InChI is InChI=1S/C19H17N5O/c1-12-11-13(2)24(23-12)19-17-6-4-3-5-16(17)18(21-22-19)20-14-7-9-15(25)10-8-14/h3-11,25H,1-2H3,(H,20,21). The lowest BCUT2D eigenvalue weighted by Gasteiger charge is -2.12. The highest BCUT2D eigenvalue weighted by Crippen LogP contribution is 2.28. The fourth-order valence-corrected chi connectivity index (χ4v) is 2.86. The molecule has 0 spiro atoms. The van der Waals surface area contributed by atoms with Crippen LogP contribution in [0, 0.1) is 13.8 Å². The van der Waals surface area contributed by atoms with Gasteiger partial charge in [-0.15, -0.1) is 10.2 Å². The first-order valence-electron chi connectivity index (χ1n) is 7.97. The number of aromatic nitrogens is 4. The Morgan fingerprint density at radius 2 is 1.64 bits per heavy atom. The van der Waals surface area contributed by atoms with Crippen molar-refractivity contribution >= 4 is 22.3 Å². The third-order valence-corrected chi connectivity index (χ3v) is 4.01. The monoisotopic (exact) mass is 331 g/mol. The zero-order valence-electron chi connectivity index (χ0n) is 13.9. The van der Waals surface area contributed by atoms with Gasteiger partial charge in [0.2, 0.25) is 0 Å². The van der Waals surface area contributed by atoms with Crippen molar-refractivity contribution in [2.75, 3.05) is 5.32 Å². The van der Waals surface area contributed by atoms with Crippen LogP contribution in [0.25, 0.3) is 16.6 Å². The maximum absolute atomic E-state index is 9.42. The Bertz CT molecular complexity index is 1050. The molecule has 2 heterocycles. The summed E-state index contributed by atoms with van der Waals surface area (Å²) < 4.78 is 1.81. The van der Waals surface area contributed by atoms with E-state index in [1.165, 1.54) is 0 Å². The van der Waals surface area contributed by atoms with Crippen LogP contribution in [0.5, 0.6) is 5.75 Å². The van der Waals surface area contributed by atoms with Gasteiger partial charge in [0.1, 0.15) is 5.75 Å². The predicted octanol–water partition coefficient (Wildman–Crippen LogP) is 3.88. The second-order valence-electron chi connectivity index (χ2n) is 5.93. The highest BCUT2D eigenvalue weighted by Gasteiger charge is 2.13. The van der Waals surface area contributed by atoms with Crippen LogP contribution in [0.4, 0.5) is 11.5 Å². The number of fused-ring (bicyclic) bond motifs is 1. The van der Waals surface area contributed by atoms with Crippen molar-refractivity contribution in [3.63, 3.8) is 0 Å². The van der Waals surface area contributed by atoms with Crippen LogP contribution < -0.4 is 5.32 Å². The third kappa shape index (κ3) is 2.78. The smallest absolute Gasteiger partial charge is 0.183 e. The molecule has 2 N–H and O–H groups in total. The maximum atomic E-state index is 9.42. The highest BCUT2D eigenvalue weighted by molar-refractivity contribution is 5.97. The third-order valence-electron chi connectivity index (χ3n) is 4.01. The van der Waals surface area contributed by atoms with Gasteiger partial charge in [-0.25, -0.2) is 4.68 Å². The molecule has 124 valence electrons. The number of aryl methyl sites for hydroxylation is 2. The molecule has 4 aromatic rings. The van der Waals surface area contributed by atoms with Crippen molar-refractivity contribution in [3.05, 3.63) is 66.0 Å². The minimum atomic E-state index is 0.223. The number of nitrogens with zero attached hydrogens (tertiary/aromatic N) is 4. The molecular weight excluding hydrogens is 314 g/mol. The number of phenols is 1. The summed E-state index contributed by atoms with van der Waals surface area (Å²) in [5.74, 6) is 1.59. The molecule has 0 amide bonds. The van der Waals surface area contributed by atoms with Gasteiger partial charge < -0.3 is 10.4 Å². The van der Waals surface area contributed by atoms with E-state index < -0.39 is 0 Å². The van der Waals surface area contributed by atoms with E-state index in [0.717, 1.165) is 27.8 Å². The first kappa shape index (κ1) is 15.1. The Labute approximate surface area is 144 Å². The Balaban J connectivity index is 1.84. The summed E-state index contributed by atoms with van der Waals surface area (Å²) in [7, 11) is 0. The van der Waals surface area contributed by atoms with E-state index in [9.17, 15) is 5.11 Å². The largest absolute Gasteiger partial charge is 0.508 e. The molecule has 25 heavy (non-hydrogen) atoms. The fraction of sp³-hybridized carbons (Fsp3) is 0.105. The molecule has 0 radical (unpaired) electrons. The van der Waals surface area contributed by atoms with Crippen LogP contribution in [-0.2, 0) is 0 Å².